The lowest BCUT2D eigenvalue weighted by atomic mass is 9.86. The lowest BCUT2D eigenvalue weighted by Crippen LogP contribution is -2.56. The molecule has 22 heavy (non-hydrogen) atoms. The summed E-state index contributed by atoms with van der Waals surface area (Å²) in [7, 11) is 0. The number of aromatic nitrogens is 1. The first kappa shape index (κ1) is 15.5. The molecule has 6 heteroatoms. The summed E-state index contributed by atoms with van der Waals surface area (Å²) in [5.74, 6) is 0.518. The quantitative estimate of drug-likeness (QED) is 0.918. The molecule has 0 unspecified atom stereocenters. The van der Waals surface area contributed by atoms with Crippen molar-refractivity contribution in [2.45, 2.75) is 51.2 Å². The molecular weight excluding hydrogens is 284 g/mol. The highest BCUT2D eigenvalue weighted by Crippen LogP contribution is 2.36. The second kappa shape index (κ2) is 6.01. The number of β-amino-alcohol motifs (C(OH)–C–C–N with tert-alkyl or cyclic N) is 1. The van der Waals surface area contributed by atoms with Gasteiger partial charge in [-0.3, -0.25) is 4.79 Å². The Bertz CT molecular complexity index is 534. The third-order valence-electron chi connectivity index (χ3n) is 4.61. The minimum Gasteiger partial charge on any atom is -0.388 e. The Labute approximate surface area is 130 Å². The van der Waals surface area contributed by atoms with E-state index in [1.54, 1.807) is 11.0 Å². The van der Waals surface area contributed by atoms with Gasteiger partial charge < -0.3 is 19.3 Å². The molecule has 0 aliphatic carbocycles. The van der Waals surface area contributed by atoms with Crippen LogP contribution in [0.4, 0.5) is 0 Å². The van der Waals surface area contributed by atoms with E-state index < -0.39 is 11.7 Å². The van der Waals surface area contributed by atoms with Gasteiger partial charge in [-0.25, -0.2) is 0 Å². The zero-order valence-corrected chi connectivity index (χ0v) is 13.2. The SMILES string of the molecule is CC(C)Cc1cc(C(=O)N2CC[C@@]3(CCCO3)[C@@H](O)C2)on1. The van der Waals surface area contributed by atoms with E-state index >= 15 is 0 Å². The maximum atomic E-state index is 12.5. The molecule has 0 aromatic carbocycles. The first-order chi connectivity index (χ1) is 10.5. The molecule has 6 nitrogen and oxygen atoms in total. The van der Waals surface area contributed by atoms with Gasteiger partial charge in [0, 0.05) is 25.8 Å². The predicted octanol–water partition coefficient (Wildman–Crippen LogP) is 1.63. The Hall–Kier alpha value is -1.40. The summed E-state index contributed by atoms with van der Waals surface area (Å²) >= 11 is 0. The van der Waals surface area contributed by atoms with Crippen molar-refractivity contribution in [3.63, 3.8) is 0 Å². The molecule has 2 saturated heterocycles. The average molecular weight is 308 g/mol. The molecule has 1 N–H and O–H groups in total. The van der Waals surface area contributed by atoms with Crippen molar-refractivity contribution in [2.24, 2.45) is 5.92 Å². The van der Waals surface area contributed by atoms with Gasteiger partial charge in [-0.05, 0) is 31.6 Å². The highest BCUT2D eigenvalue weighted by Gasteiger charge is 2.46. The van der Waals surface area contributed by atoms with Crippen LogP contribution in [-0.4, -0.2) is 52.5 Å². The van der Waals surface area contributed by atoms with E-state index in [1.807, 2.05) is 0 Å². The number of aliphatic hydroxyl groups excluding tert-OH is 1. The monoisotopic (exact) mass is 308 g/mol. The van der Waals surface area contributed by atoms with Gasteiger partial charge in [0.2, 0.25) is 5.76 Å². The molecular formula is C16H24N2O4. The van der Waals surface area contributed by atoms with Crippen molar-refractivity contribution in [1.82, 2.24) is 10.1 Å². The van der Waals surface area contributed by atoms with Gasteiger partial charge in [0.25, 0.3) is 5.91 Å². The van der Waals surface area contributed by atoms with Crippen molar-refractivity contribution in [2.75, 3.05) is 19.7 Å². The Balaban J connectivity index is 1.65. The smallest absolute Gasteiger partial charge is 0.292 e. The van der Waals surface area contributed by atoms with Crippen molar-refractivity contribution in [3.8, 4) is 0 Å². The second-order valence-corrected chi connectivity index (χ2v) is 6.81. The summed E-state index contributed by atoms with van der Waals surface area (Å²) in [4.78, 5) is 14.1. The molecule has 1 aromatic rings. The molecule has 1 amide bonds. The number of aliphatic hydroxyl groups is 1. The number of likely N-dealkylation sites (tertiary alicyclic amines) is 1. The van der Waals surface area contributed by atoms with Crippen molar-refractivity contribution < 1.29 is 19.2 Å². The summed E-state index contributed by atoms with van der Waals surface area (Å²) in [5, 5.41) is 14.3. The van der Waals surface area contributed by atoms with E-state index in [0.29, 0.717) is 32.0 Å². The van der Waals surface area contributed by atoms with Crippen molar-refractivity contribution in [1.29, 1.82) is 0 Å². The molecule has 2 aliphatic rings. The molecule has 0 bridgehead atoms. The minimum atomic E-state index is -0.634. The number of rotatable bonds is 3. The number of hydrogen-bond acceptors (Lipinski definition) is 5. The van der Waals surface area contributed by atoms with Gasteiger partial charge >= 0.3 is 0 Å². The summed E-state index contributed by atoms with van der Waals surface area (Å²) in [6.07, 6.45) is 2.68. The topological polar surface area (TPSA) is 75.8 Å². The summed E-state index contributed by atoms with van der Waals surface area (Å²) in [6.45, 7) is 5.76. The maximum absolute atomic E-state index is 12.5. The lowest BCUT2D eigenvalue weighted by Gasteiger charge is -2.42. The highest BCUT2D eigenvalue weighted by molar-refractivity contribution is 5.91. The van der Waals surface area contributed by atoms with Crippen LogP contribution in [-0.2, 0) is 11.2 Å². The number of amides is 1. The number of ether oxygens (including phenoxy) is 1. The molecule has 1 spiro atoms. The van der Waals surface area contributed by atoms with Crippen LogP contribution in [0.15, 0.2) is 10.6 Å². The number of piperidine rings is 1. The van der Waals surface area contributed by atoms with Crippen LogP contribution in [0.3, 0.4) is 0 Å². The van der Waals surface area contributed by atoms with Crippen LogP contribution in [0.25, 0.3) is 0 Å². The Morgan fingerprint density at radius 3 is 3.00 bits per heavy atom. The van der Waals surface area contributed by atoms with E-state index in [2.05, 4.69) is 19.0 Å². The molecule has 3 rings (SSSR count). The number of nitrogens with zero attached hydrogens (tertiary/aromatic N) is 2. The highest BCUT2D eigenvalue weighted by atomic mass is 16.5. The summed E-state index contributed by atoms with van der Waals surface area (Å²) < 4.78 is 10.9. The molecule has 2 fully saturated rings. The molecule has 3 heterocycles. The van der Waals surface area contributed by atoms with Crippen molar-refractivity contribution >= 4 is 5.91 Å². The molecule has 2 aliphatic heterocycles. The third kappa shape index (κ3) is 2.90. The van der Waals surface area contributed by atoms with Crippen LogP contribution < -0.4 is 0 Å². The van der Waals surface area contributed by atoms with Gasteiger partial charge in [0.1, 0.15) is 6.10 Å². The van der Waals surface area contributed by atoms with E-state index in [4.69, 9.17) is 9.26 Å². The largest absolute Gasteiger partial charge is 0.388 e. The molecule has 122 valence electrons. The Morgan fingerprint density at radius 2 is 2.36 bits per heavy atom. The van der Waals surface area contributed by atoms with Crippen LogP contribution >= 0.6 is 0 Å². The Morgan fingerprint density at radius 1 is 1.55 bits per heavy atom. The van der Waals surface area contributed by atoms with Gasteiger partial charge in [0.15, 0.2) is 0 Å². The van der Waals surface area contributed by atoms with Crippen molar-refractivity contribution in [3.05, 3.63) is 17.5 Å². The average Bonchev–Trinajstić information content (AvgIpc) is 3.11. The van der Waals surface area contributed by atoms with Crippen LogP contribution in [0.2, 0.25) is 0 Å². The predicted molar refractivity (Wildman–Crippen MR) is 79.5 cm³/mol. The summed E-state index contributed by atoms with van der Waals surface area (Å²) in [5.41, 5.74) is 0.354. The van der Waals surface area contributed by atoms with Crippen LogP contribution in [0, 0.1) is 5.92 Å². The zero-order valence-electron chi connectivity index (χ0n) is 13.2. The molecule has 2 atom stereocenters. The van der Waals surface area contributed by atoms with E-state index in [0.717, 1.165) is 25.0 Å². The zero-order chi connectivity index (χ0) is 15.7. The number of carbonyl (C=O) groups is 1. The normalized spacial score (nSPS) is 28.7. The first-order valence-electron chi connectivity index (χ1n) is 8.07. The first-order valence-corrected chi connectivity index (χ1v) is 8.07. The van der Waals surface area contributed by atoms with Crippen LogP contribution in [0.5, 0.6) is 0 Å². The van der Waals surface area contributed by atoms with Crippen LogP contribution in [0.1, 0.15) is 49.4 Å². The fourth-order valence-corrected chi connectivity index (χ4v) is 3.40. The standard InChI is InChI=1S/C16H24N2O4/c1-11(2)8-12-9-13(22-17-12)15(20)18-6-5-16(14(19)10-18)4-3-7-21-16/h9,11,14,19H,3-8,10H2,1-2H3/t14-,16-/m0/s1. The molecule has 1 aromatic heterocycles. The number of hydrogen-bond donors (Lipinski definition) is 1. The van der Waals surface area contributed by atoms with Gasteiger partial charge in [-0.15, -0.1) is 0 Å². The maximum Gasteiger partial charge on any atom is 0.292 e. The second-order valence-electron chi connectivity index (χ2n) is 6.81. The molecule has 0 radical (unpaired) electrons. The fourth-order valence-electron chi connectivity index (χ4n) is 3.40. The number of carbonyl (C=O) groups excluding carboxylic acids is 1. The molecule has 0 saturated carbocycles. The van der Waals surface area contributed by atoms with Gasteiger partial charge in [0.05, 0.1) is 11.3 Å². The van der Waals surface area contributed by atoms with E-state index in [1.165, 1.54) is 0 Å². The van der Waals surface area contributed by atoms with E-state index in [9.17, 15) is 9.90 Å². The minimum absolute atomic E-state index is 0.200. The lowest BCUT2D eigenvalue weighted by molar-refractivity contribution is -0.123. The van der Waals surface area contributed by atoms with Gasteiger partial charge in [-0.1, -0.05) is 19.0 Å². The van der Waals surface area contributed by atoms with Gasteiger partial charge in [-0.2, -0.15) is 0 Å². The van der Waals surface area contributed by atoms with E-state index in [-0.39, 0.29) is 11.7 Å². The Kier molecular flexibility index (Phi) is 4.23. The summed E-state index contributed by atoms with van der Waals surface area (Å²) in [6, 6.07) is 1.71. The third-order valence-corrected chi connectivity index (χ3v) is 4.61. The fraction of sp³-hybridized carbons (Fsp3) is 0.750.